The van der Waals surface area contributed by atoms with E-state index >= 15 is 0 Å². The van der Waals surface area contributed by atoms with Crippen LogP contribution in [-0.2, 0) is 11.3 Å². The minimum atomic E-state index is 0.755. The molecule has 0 amide bonds. The molecule has 2 rings (SSSR count). The van der Waals surface area contributed by atoms with Crippen LogP contribution in [0.5, 0.6) is 11.5 Å². The predicted molar refractivity (Wildman–Crippen MR) is 117 cm³/mol. The second kappa shape index (κ2) is 12.5. The molecular weight excluding hydrogens is 370 g/mol. The molecule has 8 nitrogen and oxygen atoms in total. The first-order valence-electron chi connectivity index (χ1n) is 10.2. The Labute approximate surface area is 175 Å². The number of nitrogens with zero attached hydrogens (tertiary/aromatic N) is 4. The molecule has 8 heteroatoms. The third-order valence-electron chi connectivity index (χ3n) is 5.22. The van der Waals surface area contributed by atoms with Gasteiger partial charge in [-0.25, -0.2) is 0 Å². The van der Waals surface area contributed by atoms with Crippen LogP contribution in [0.15, 0.2) is 23.2 Å². The van der Waals surface area contributed by atoms with Gasteiger partial charge in [0.15, 0.2) is 5.96 Å². The molecule has 1 aliphatic heterocycles. The van der Waals surface area contributed by atoms with Crippen molar-refractivity contribution in [2.45, 2.75) is 6.54 Å². The smallest absolute Gasteiger partial charge is 0.193 e. The highest BCUT2D eigenvalue weighted by atomic mass is 16.5. The minimum Gasteiger partial charge on any atom is -0.497 e. The van der Waals surface area contributed by atoms with Gasteiger partial charge in [0.2, 0.25) is 0 Å². The van der Waals surface area contributed by atoms with E-state index in [-0.39, 0.29) is 0 Å². The molecule has 0 unspecified atom stereocenters. The Morgan fingerprint density at radius 1 is 1.10 bits per heavy atom. The van der Waals surface area contributed by atoms with E-state index < -0.39 is 0 Å². The number of methoxy groups -OCH3 is 3. The molecule has 1 aromatic carbocycles. The third kappa shape index (κ3) is 7.38. The fraction of sp³-hybridized carbons (Fsp3) is 0.667. The highest BCUT2D eigenvalue weighted by molar-refractivity contribution is 5.80. The molecule has 29 heavy (non-hydrogen) atoms. The van der Waals surface area contributed by atoms with Crippen molar-refractivity contribution in [3.63, 3.8) is 0 Å². The van der Waals surface area contributed by atoms with Gasteiger partial charge in [-0.3, -0.25) is 9.89 Å². The molecule has 1 N–H and O–H groups in total. The maximum absolute atomic E-state index is 5.52. The van der Waals surface area contributed by atoms with Gasteiger partial charge in [-0.1, -0.05) is 0 Å². The quantitative estimate of drug-likeness (QED) is 0.458. The van der Waals surface area contributed by atoms with Gasteiger partial charge < -0.3 is 29.3 Å². The highest BCUT2D eigenvalue weighted by Gasteiger charge is 2.20. The topological polar surface area (TPSA) is 61.8 Å². The lowest BCUT2D eigenvalue weighted by Crippen LogP contribution is -2.52. The Hall–Kier alpha value is -2.03. The molecule has 0 aromatic heterocycles. The number of nitrogens with one attached hydrogen (secondary N) is 1. The zero-order valence-corrected chi connectivity index (χ0v) is 18.6. The van der Waals surface area contributed by atoms with Gasteiger partial charge in [-0.15, -0.1) is 0 Å². The first-order valence-corrected chi connectivity index (χ1v) is 10.2. The first kappa shape index (κ1) is 23.3. The summed E-state index contributed by atoms with van der Waals surface area (Å²) in [6.07, 6.45) is 0. The van der Waals surface area contributed by atoms with Crippen LogP contribution in [-0.4, -0.2) is 109 Å². The average Bonchev–Trinajstić information content (AvgIpc) is 2.76. The Balaban J connectivity index is 1.80. The van der Waals surface area contributed by atoms with Crippen molar-refractivity contribution in [2.24, 2.45) is 4.99 Å². The second-order valence-corrected chi connectivity index (χ2v) is 7.21. The summed E-state index contributed by atoms with van der Waals surface area (Å²) < 4.78 is 16.0. The van der Waals surface area contributed by atoms with Crippen molar-refractivity contribution in [3.8, 4) is 11.5 Å². The van der Waals surface area contributed by atoms with E-state index in [1.54, 1.807) is 21.3 Å². The van der Waals surface area contributed by atoms with Crippen LogP contribution in [0, 0.1) is 0 Å². The lowest BCUT2D eigenvalue weighted by molar-refractivity contribution is 0.160. The largest absolute Gasteiger partial charge is 0.497 e. The van der Waals surface area contributed by atoms with Crippen molar-refractivity contribution in [2.75, 3.05) is 87.8 Å². The Bertz CT molecular complexity index is 633. The predicted octanol–water partition coefficient (Wildman–Crippen LogP) is 0.975. The van der Waals surface area contributed by atoms with Crippen LogP contribution in [0.4, 0.5) is 0 Å². The second-order valence-electron chi connectivity index (χ2n) is 7.21. The van der Waals surface area contributed by atoms with E-state index in [0.29, 0.717) is 0 Å². The van der Waals surface area contributed by atoms with E-state index in [9.17, 15) is 0 Å². The van der Waals surface area contributed by atoms with E-state index in [4.69, 9.17) is 14.2 Å². The molecule has 164 valence electrons. The Kier molecular flexibility index (Phi) is 10.0. The molecule has 0 radical (unpaired) electrons. The number of aliphatic imine (C=N–C) groups is 1. The van der Waals surface area contributed by atoms with Gasteiger partial charge in [0.1, 0.15) is 11.5 Å². The lowest BCUT2D eigenvalue weighted by atomic mass is 10.1. The first-order chi connectivity index (χ1) is 14.1. The number of benzene rings is 1. The van der Waals surface area contributed by atoms with E-state index in [1.165, 1.54) is 0 Å². The maximum Gasteiger partial charge on any atom is 0.193 e. The molecule has 0 saturated carbocycles. The number of likely N-dealkylation sites (N-methyl/N-ethyl adjacent to an activating group) is 1. The van der Waals surface area contributed by atoms with Crippen LogP contribution in [0.25, 0.3) is 0 Å². The van der Waals surface area contributed by atoms with Gasteiger partial charge in [0.25, 0.3) is 0 Å². The number of ether oxygens (including phenoxy) is 3. The lowest BCUT2D eigenvalue weighted by Gasteiger charge is -2.36. The Morgan fingerprint density at radius 2 is 1.86 bits per heavy atom. The van der Waals surface area contributed by atoms with Crippen molar-refractivity contribution >= 4 is 5.96 Å². The van der Waals surface area contributed by atoms with Gasteiger partial charge in [0, 0.05) is 72.1 Å². The van der Waals surface area contributed by atoms with Crippen molar-refractivity contribution in [1.29, 1.82) is 0 Å². The van der Waals surface area contributed by atoms with Crippen LogP contribution in [0.2, 0.25) is 0 Å². The molecule has 1 fully saturated rings. The molecule has 1 aromatic rings. The molecule has 1 heterocycles. The third-order valence-corrected chi connectivity index (χ3v) is 5.22. The summed E-state index contributed by atoms with van der Waals surface area (Å²) in [5.41, 5.74) is 1.15. The van der Waals surface area contributed by atoms with Crippen molar-refractivity contribution in [1.82, 2.24) is 20.0 Å². The molecule has 1 aliphatic rings. The van der Waals surface area contributed by atoms with Crippen LogP contribution in [0.1, 0.15) is 5.56 Å². The standard InChI is InChI=1S/C21H37N5O3/c1-22-21(23-8-9-24(2)14-15-27-3)26-12-10-25(11-13-26)17-18-16-19(28-4)6-7-20(18)29-5/h6-7,16H,8-15,17H2,1-5H3,(H,22,23). The maximum atomic E-state index is 5.52. The molecule has 1 saturated heterocycles. The summed E-state index contributed by atoms with van der Waals surface area (Å²) in [6.45, 7) is 8.23. The Morgan fingerprint density at radius 3 is 2.48 bits per heavy atom. The normalized spacial score (nSPS) is 15.7. The summed E-state index contributed by atoms with van der Waals surface area (Å²) in [7, 11) is 9.10. The highest BCUT2D eigenvalue weighted by Crippen LogP contribution is 2.25. The number of guanidine groups is 1. The molecule has 0 aliphatic carbocycles. The average molecular weight is 408 g/mol. The fourth-order valence-electron chi connectivity index (χ4n) is 3.41. The summed E-state index contributed by atoms with van der Waals surface area (Å²) in [5.74, 6) is 2.74. The minimum absolute atomic E-state index is 0.755. The van der Waals surface area contributed by atoms with E-state index in [2.05, 4.69) is 38.1 Å². The van der Waals surface area contributed by atoms with E-state index in [1.807, 2.05) is 19.2 Å². The van der Waals surface area contributed by atoms with Gasteiger partial charge in [-0.2, -0.15) is 0 Å². The van der Waals surface area contributed by atoms with Crippen LogP contribution in [0.3, 0.4) is 0 Å². The number of piperazine rings is 1. The number of hydrogen-bond donors (Lipinski definition) is 1. The fourth-order valence-corrected chi connectivity index (χ4v) is 3.41. The summed E-state index contributed by atoms with van der Waals surface area (Å²) in [6, 6.07) is 5.97. The summed E-state index contributed by atoms with van der Waals surface area (Å²) in [5, 5.41) is 3.48. The van der Waals surface area contributed by atoms with Gasteiger partial charge >= 0.3 is 0 Å². The van der Waals surface area contributed by atoms with Crippen molar-refractivity contribution < 1.29 is 14.2 Å². The van der Waals surface area contributed by atoms with Crippen LogP contribution >= 0.6 is 0 Å². The van der Waals surface area contributed by atoms with Crippen LogP contribution < -0.4 is 14.8 Å². The van der Waals surface area contributed by atoms with Gasteiger partial charge in [-0.05, 0) is 25.2 Å². The van der Waals surface area contributed by atoms with Gasteiger partial charge in [0.05, 0.1) is 20.8 Å². The molecule has 0 atom stereocenters. The van der Waals surface area contributed by atoms with E-state index in [0.717, 1.165) is 82.0 Å². The number of hydrogen-bond acceptors (Lipinski definition) is 6. The monoisotopic (exact) mass is 407 g/mol. The number of rotatable bonds is 10. The molecule has 0 bridgehead atoms. The molecular formula is C21H37N5O3. The summed E-state index contributed by atoms with van der Waals surface area (Å²) in [4.78, 5) is 11.5. The molecule has 0 spiro atoms. The zero-order valence-electron chi connectivity index (χ0n) is 18.6. The van der Waals surface area contributed by atoms with Crippen molar-refractivity contribution in [3.05, 3.63) is 23.8 Å². The zero-order chi connectivity index (χ0) is 21.1. The summed E-state index contributed by atoms with van der Waals surface area (Å²) >= 11 is 0. The SMILES string of the molecule is CN=C(NCCN(C)CCOC)N1CCN(Cc2cc(OC)ccc2OC)CC1.